The number of ether oxygens (including phenoxy) is 1. The molecule has 1 aliphatic heterocycles. The Morgan fingerprint density at radius 3 is 2.40 bits per heavy atom. The van der Waals surface area contributed by atoms with E-state index in [0.29, 0.717) is 35.8 Å². The summed E-state index contributed by atoms with van der Waals surface area (Å²) in [7, 11) is -1.87. The first kappa shape index (κ1) is 19.9. The van der Waals surface area contributed by atoms with Gasteiger partial charge in [0.1, 0.15) is 4.88 Å². The number of hydrogen-bond donors (Lipinski definition) is 1. The van der Waals surface area contributed by atoms with E-state index < -0.39 is 16.0 Å². The molecule has 0 radical (unpaired) electrons. The zero-order chi connectivity index (χ0) is 18.8. The number of anilines is 1. The van der Waals surface area contributed by atoms with E-state index in [1.807, 2.05) is 19.9 Å². The van der Waals surface area contributed by atoms with Crippen LogP contribution in [0.2, 0.25) is 0 Å². The van der Waals surface area contributed by atoms with E-state index in [1.54, 1.807) is 0 Å². The van der Waals surface area contributed by atoms with E-state index in [0.717, 1.165) is 5.56 Å². The Labute approximate surface area is 152 Å². The number of methoxy groups -OCH3 is 1. The predicted molar refractivity (Wildman–Crippen MR) is 97.5 cm³/mol. The number of rotatable bonds is 5. The first-order valence-corrected chi connectivity index (χ1v) is 10.8. The molecule has 0 spiro atoms. The maximum atomic E-state index is 12.5. The van der Waals surface area contributed by atoms with Crippen molar-refractivity contribution in [3.05, 3.63) is 16.5 Å². The fraction of sp³-hybridized carbons (Fsp3) is 0.625. The van der Waals surface area contributed by atoms with E-state index in [2.05, 4.69) is 5.32 Å². The van der Waals surface area contributed by atoms with Crippen molar-refractivity contribution in [3.63, 3.8) is 0 Å². The number of piperidine rings is 1. The van der Waals surface area contributed by atoms with Crippen LogP contribution in [0, 0.1) is 5.92 Å². The van der Waals surface area contributed by atoms with Crippen molar-refractivity contribution in [1.82, 2.24) is 4.31 Å². The Hall–Kier alpha value is -1.45. The number of esters is 1. The summed E-state index contributed by atoms with van der Waals surface area (Å²) >= 11 is 1.20. The number of hydrogen-bond acceptors (Lipinski definition) is 6. The Morgan fingerprint density at radius 1 is 1.32 bits per heavy atom. The minimum absolute atomic E-state index is 0.133. The van der Waals surface area contributed by atoms with E-state index in [1.165, 1.54) is 29.0 Å². The molecule has 0 unspecified atom stereocenters. The summed E-state index contributed by atoms with van der Waals surface area (Å²) < 4.78 is 29.3. The summed E-state index contributed by atoms with van der Waals surface area (Å²) in [5, 5.41) is 3.47. The number of carbonyl (C=O) groups excluding carboxylic acids is 2. The second-order valence-corrected chi connectivity index (χ2v) is 9.50. The minimum Gasteiger partial charge on any atom is -0.465 e. The Balaban J connectivity index is 2.05. The summed E-state index contributed by atoms with van der Waals surface area (Å²) in [6.07, 6.45) is 2.16. The molecule has 1 amide bonds. The van der Waals surface area contributed by atoms with Gasteiger partial charge in [-0.1, -0.05) is 13.8 Å². The Bertz CT molecular complexity index is 747. The van der Waals surface area contributed by atoms with Crippen molar-refractivity contribution in [1.29, 1.82) is 0 Å². The van der Waals surface area contributed by atoms with Crippen molar-refractivity contribution in [2.24, 2.45) is 5.92 Å². The molecule has 7 nitrogen and oxygen atoms in total. The SMILES string of the molecule is COC(=O)c1sc(NC(=O)C2CCN(S(C)(=O)=O)CC2)cc1C(C)C. The standard InChI is InChI=1S/C16H24N2O5S2/c1-10(2)12-9-13(24-14(12)16(20)23-3)17-15(19)11-5-7-18(8-6-11)25(4,21)22/h9-11H,5-8H2,1-4H3,(H,17,19). The quantitative estimate of drug-likeness (QED) is 0.781. The van der Waals surface area contributed by atoms with Crippen molar-refractivity contribution < 1.29 is 22.7 Å². The molecule has 1 N–H and O–H groups in total. The van der Waals surface area contributed by atoms with Crippen molar-refractivity contribution in [2.75, 3.05) is 31.8 Å². The highest BCUT2D eigenvalue weighted by Crippen LogP contribution is 2.33. The van der Waals surface area contributed by atoms with E-state index in [-0.39, 0.29) is 17.7 Å². The van der Waals surface area contributed by atoms with Crippen LogP contribution in [-0.4, -0.2) is 51.1 Å². The molecule has 0 aliphatic carbocycles. The van der Waals surface area contributed by atoms with Crippen molar-refractivity contribution >= 4 is 38.2 Å². The molecule has 0 atom stereocenters. The molecule has 1 fully saturated rings. The molecule has 2 rings (SSSR count). The van der Waals surface area contributed by atoms with Gasteiger partial charge in [-0.2, -0.15) is 0 Å². The van der Waals surface area contributed by atoms with Crippen LogP contribution in [0.15, 0.2) is 6.07 Å². The van der Waals surface area contributed by atoms with Gasteiger partial charge in [0.05, 0.1) is 18.4 Å². The summed E-state index contributed by atoms with van der Waals surface area (Å²) in [6.45, 7) is 4.65. The second kappa shape index (κ2) is 7.84. The molecule has 1 aromatic rings. The van der Waals surface area contributed by atoms with Gasteiger partial charge in [0.15, 0.2) is 0 Å². The van der Waals surface area contributed by atoms with Crippen LogP contribution in [0.3, 0.4) is 0 Å². The molecular formula is C16H24N2O5S2. The van der Waals surface area contributed by atoms with Gasteiger partial charge in [0.2, 0.25) is 15.9 Å². The van der Waals surface area contributed by atoms with Crippen LogP contribution in [0.1, 0.15) is 47.8 Å². The molecule has 1 aromatic heterocycles. The molecule has 0 bridgehead atoms. The highest BCUT2D eigenvalue weighted by molar-refractivity contribution is 7.88. The second-order valence-electron chi connectivity index (χ2n) is 6.47. The largest absolute Gasteiger partial charge is 0.465 e. The van der Waals surface area contributed by atoms with Gasteiger partial charge >= 0.3 is 5.97 Å². The fourth-order valence-corrected chi connectivity index (χ4v) is 4.83. The average Bonchev–Trinajstić information content (AvgIpc) is 2.97. The lowest BCUT2D eigenvalue weighted by Crippen LogP contribution is -2.40. The van der Waals surface area contributed by atoms with Crippen LogP contribution in [0.25, 0.3) is 0 Å². The van der Waals surface area contributed by atoms with Crippen LogP contribution in [0.5, 0.6) is 0 Å². The number of thiophene rings is 1. The summed E-state index contributed by atoms with van der Waals surface area (Å²) in [5.74, 6) is -0.644. The number of amides is 1. The summed E-state index contributed by atoms with van der Waals surface area (Å²) in [5.41, 5.74) is 0.846. The summed E-state index contributed by atoms with van der Waals surface area (Å²) in [6, 6.07) is 1.81. The molecule has 2 heterocycles. The zero-order valence-corrected chi connectivity index (χ0v) is 16.5. The van der Waals surface area contributed by atoms with Crippen LogP contribution >= 0.6 is 11.3 Å². The lowest BCUT2D eigenvalue weighted by Gasteiger charge is -2.29. The molecule has 1 aliphatic rings. The molecule has 9 heteroatoms. The lowest BCUT2D eigenvalue weighted by molar-refractivity contribution is -0.120. The topological polar surface area (TPSA) is 92.8 Å². The van der Waals surface area contributed by atoms with Crippen LogP contribution < -0.4 is 5.32 Å². The highest BCUT2D eigenvalue weighted by atomic mass is 32.2. The fourth-order valence-electron chi connectivity index (χ4n) is 2.82. The Morgan fingerprint density at radius 2 is 1.92 bits per heavy atom. The van der Waals surface area contributed by atoms with Crippen molar-refractivity contribution in [2.45, 2.75) is 32.6 Å². The zero-order valence-electron chi connectivity index (χ0n) is 14.9. The number of sulfonamides is 1. The normalized spacial score (nSPS) is 16.8. The Kier molecular flexibility index (Phi) is 6.23. The molecule has 25 heavy (non-hydrogen) atoms. The number of nitrogens with one attached hydrogen (secondary N) is 1. The van der Waals surface area contributed by atoms with Gasteiger partial charge < -0.3 is 10.1 Å². The van der Waals surface area contributed by atoms with Crippen LogP contribution in [-0.2, 0) is 19.6 Å². The first-order valence-electron chi connectivity index (χ1n) is 8.11. The third-order valence-corrected chi connectivity index (χ3v) is 6.64. The van der Waals surface area contributed by atoms with Gasteiger partial charge in [-0.3, -0.25) is 4.79 Å². The van der Waals surface area contributed by atoms with E-state index in [4.69, 9.17) is 4.74 Å². The first-order chi connectivity index (χ1) is 11.6. The van der Waals surface area contributed by atoms with E-state index >= 15 is 0 Å². The third kappa shape index (κ3) is 4.80. The molecular weight excluding hydrogens is 364 g/mol. The minimum atomic E-state index is -3.21. The molecule has 0 saturated carbocycles. The monoisotopic (exact) mass is 388 g/mol. The third-order valence-electron chi connectivity index (χ3n) is 4.29. The van der Waals surface area contributed by atoms with E-state index in [9.17, 15) is 18.0 Å². The molecule has 1 saturated heterocycles. The van der Waals surface area contributed by atoms with Gasteiger partial charge in [-0.15, -0.1) is 11.3 Å². The van der Waals surface area contributed by atoms with Gasteiger partial charge in [0.25, 0.3) is 0 Å². The predicted octanol–water partition coefficient (Wildman–Crippen LogP) is 2.27. The molecule has 140 valence electrons. The van der Waals surface area contributed by atoms with Gasteiger partial charge in [-0.25, -0.2) is 17.5 Å². The highest BCUT2D eigenvalue weighted by Gasteiger charge is 2.29. The maximum Gasteiger partial charge on any atom is 0.348 e. The van der Waals surface area contributed by atoms with Crippen molar-refractivity contribution in [3.8, 4) is 0 Å². The maximum absolute atomic E-state index is 12.5. The lowest BCUT2D eigenvalue weighted by atomic mass is 9.97. The average molecular weight is 389 g/mol. The van der Waals surface area contributed by atoms with Gasteiger partial charge in [-0.05, 0) is 30.4 Å². The summed E-state index contributed by atoms with van der Waals surface area (Å²) in [4.78, 5) is 24.8. The van der Waals surface area contributed by atoms with Gasteiger partial charge in [0, 0.05) is 19.0 Å². The van der Waals surface area contributed by atoms with Crippen LogP contribution in [0.4, 0.5) is 5.00 Å². The smallest absolute Gasteiger partial charge is 0.348 e. The number of nitrogens with zero attached hydrogens (tertiary/aromatic N) is 1. The number of carbonyl (C=O) groups is 2. The molecule has 0 aromatic carbocycles.